The number of carbonyl (C=O) groups excluding carboxylic acids is 2. The Hall–Kier alpha value is -3.12. The molecule has 6 nitrogen and oxygen atoms in total. The summed E-state index contributed by atoms with van der Waals surface area (Å²) in [5, 5.41) is 11.3. The predicted molar refractivity (Wildman–Crippen MR) is 124 cm³/mol. The highest BCUT2D eigenvalue weighted by atomic mass is 16.5. The third-order valence-corrected chi connectivity index (χ3v) is 6.84. The van der Waals surface area contributed by atoms with Gasteiger partial charge in [-0.25, -0.2) is 0 Å². The van der Waals surface area contributed by atoms with Gasteiger partial charge in [0.25, 0.3) is 11.7 Å². The van der Waals surface area contributed by atoms with E-state index in [1.807, 2.05) is 43.3 Å². The van der Waals surface area contributed by atoms with Crippen LogP contribution in [0.4, 0.5) is 0 Å². The van der Waals surface area contributed by atoms with Crippen molar-refractivity contribution in [3.05, 3.63) is 70.3 Å². The Kier molecular flexibility index (Phi) is 5.71. The lowest BCUT2D eigenvalue weighted by Gasteiger charge is -2.27. The number of hydrogen-bond acceptors (Lipinski definition) is 5. The average molecular weight is 448 g/mol. The van der Waals surface area contributed by atoms with Crippen LogP contribution >= 0.6 is 0 Å². The summed E-state index contributed by atoms with van der Waals surface area (Å²) in [6.45, 7) is 5.07. The van der Waals surface area contributed by atoms with Crippen molar-refractivity contribution in [2.24, 2.45) is 0 Å². The van der Waals surface area contributed by atoms with Crippen LogP contribution in [0.25, 0.3) is 5.76 Å². The minimum absolute atomic E-state index is 0.0754. The summed E-state index contributed by atoms with van der Waals surface area (Å²) in [6, 6.07) is 12.7. The first-order chi connectivity index (χ1) is 16.0. The first-order valence-electron chi connectivity index (χ1n) is 11.7. The quantitative estimate of drug-likeness (QED) is 0.423. The predicted octanol–water partition coefficient (Wildman–Crippen LogP) is 4.17. The fourth-order valence-electron chi connectivity index (χ4n) is 5.08. The number of aryl methyl sites for hydroxylation is 1. The van der Waals surface area contributed by atoms with Crippen LogP contribution in [0.15, 0.2) is 48.0 Å². The van der Waals surface area contributed by atoms with Crippen LogP contribution in [0.5, 0.6) is 5.75 Å². The number of ketones is 1. The van der Waals surface area contributed by atoms with Gasteiger partial charge in [0.15, 0.2) is 0 Å². The molecule has 6 heteroatoms. The van der Waals surface area contributed by atoms with E-state index in [1.54, 1.807) is 11.0 Å². The smallest absolute Gasteiger partial charge is 0.295 e. The molecule has 2 aromatic rings. The second kappa shape index (κ2) is 8.67. The SMILES string of the molecule is CCc1ccc(C2C(=C(O)c3ccc4c(c3)CC(C)O4)C(=O)C(=O)N2CC2CCCO2)cc1. The summed E-state index contributed by atoms with van der Waals surface area (Å²) < 4.78 is 11.5. The zero-order chi connectivity index (χ0) is 23.1. The van der Waals surface area contributed by atoms with Crippen LogP contribution < -0.4 is 4.74 Å². The maximum Gasteiger partial charge on any atom is 0.295 e. The molecule has 2 aromatic carbocycles. The summed E-state index contributed by atoms with van der Waals surface area (Å²) in [5.41, 5.74) is 3.63. The highest BCUT2D eigenvalue weighted by Crippen LogP contribution is 2.41. The van der Waals surface area contributed by atoms with Gasteiger partial charge < -0.3 is 19.5 Å². The Morgan fingerprint density at radius 3 is 2.64 bits per heavy atom. The van der Waals surface area contributed by atoms with Crippen molar-refractivity contribution >= 4 is 17.4 Å². The molecule has 2 saturated heterocycles. The van der Waals surface area contributed by atoms with E-state index >= 15 is 0 Å². The third kappa shape index (κ3) is 3.93. The number of benzene rings is 2. The Balaban J connectivity index is 1.59. The largest absolute Gasteiger partial charge is 0.507 e. The van der Waals surface area contributed by atoms with Gasteiger partial charge in [0.2, 0.25) is 0 Å². The highest BCUT2D eigenvalue weighted by Gasteiger charge is 2.47. The molecule has 3 aliphatic rings. The van der Waals surface area contributed by atoms with Crippen molar-refractivity contribution in [2.45, 2.75) is 57.8 Å². The molecule has 172 valence electrons. The Morgan fingerprint density at radius 2 is 1.94 bits per heavy atom. The summed E-state index contributed by atoms with van der Waals surface area (Å²) in [6.07, 6.45) is 3.41. The molecule has 3 atom stereocenters. The minimum atomic E-state index is -0.653. The zero-order valence-electron chi connectivity index (χ0n) is 19.0. The number of rotatable bonds is 5. The number of hydrogen-bond donors (Lipinski definition) is 1. The molecule has 0 radical (unpaired) electrons. The van der Waals surface area contributed by atoms with Gasteiger partial charge in [0.1, 0.15) is 17.6 Å². The fourth-order valence-corrected chi connectivity index (χ4v) is 5.08. The maximum absolute atomic E-state index is 13.2. The maximum atomic E-state index is 13.2. The Morgan fingerprint density at radius 1 is 1.15 bits per heavy atom. The third-order valence-electron chi connectivity index (χ3n) is 6.84. The second-order valence-corrected chi connectivity index (χ2v) is 9.14. The number of nitrogens with zero attached hydrogens (tertiary/aromatic N) is 1. The molecule has 0 aliphatic carbocycles. The van der Waals surface area contributed by atoms with Gasteiger partial charge in [-0.2, -0.15) is 0 Å². The lowest BCUT2D eigenvalue weighted by Crippen LogP contribution is -2.36. The molecule has 0 aromatic heterocycles. The van der Waals surface area contributed by atoms with Crippen LogP contribution in [0, 0.1) is 0 Å². The van der Waals surface area contributed by atoms with Crippen LogP contribution in [0.1, 0.15) is 55.0 Å². The van der Waals surface area contributed by atoms with E-state index in [-0.39, 0.29) is 23.5 Å². The van der Waals surface area contributed by atoms with E-state index in [0.717, 1.165) is 42.6 Å². The van der Waals surface area contributed by atoms with Gasteiger partial charge >= 0.3 is 0 Å². The Bertz CT molecular complexity index is 1110. The van der Waals surface area contributed by atoms with Crippen molar-refractivity contribution in [1.82, 2.24) is 4.90 Å². The van der Waals surface area contributed by atoms with Gasteiger partial charge in [-0.15, -0.1) is 0 Å². The number of Topliss-reactive ketones (excluding diaryl/α,β-unsaturated/α-hetero) is 1. The van der Waals surface area contributed by atoms with Crippen LogP contribution in [0.2, 0.25) is 0 Å². The number of aliphatic hydroxyl groups excluding tert-OH is 1. The highest BCUT2D eigenvalue weighted by molar-refractivity contribution is 6.46. The van der Waals surface area contributed by atoms with Crippen LogP contribution in [0.3, 0.4) is 0 Å². The van der Waals surface area contributed by atoms with Gasteiger partial charge in [0.05, 0.1) is 17.7 Å². The van der Waals surface area contributed by atoms with E-state index in [1.165, 1.54) is 5.56 Å². The molecule has 3 aliphatic heterocycles. The molecule has 3 heterocycles. The molecular formula is C27H29NO5. The number of amides is 1. The molecule has 0 spiro atoms. The first kappa shape index (κ1) is 21.7. The fraction of sp³-hybridized carbons (Fsp3) is 0.407. The molecular weight excluding hydrogens is 418 g/mol. The molecule has 3 unspecified atom stereocenters. The Labute approximate surface area is 193 Å². The van der Waals surface area contributed by atoms with E-state index in [9.17, 15) is 14.7 Å². The number of ether oxygens (including phenoxy) is 2. The first-order valence-corrected chi connectivity index (χ1v) is 11.7. The van der Waals surface area contributed by atoms with Gasteiger partial charge in [-0.1, -0.05) is 31.2 Å². The number of fused-ring (bicyclic) bond motifs is 1. The molecule has 33 heavy (non-hydrogen) atoms. The lowest BCUT2D eigenvalue weighted by molar-refractivity contribution is -0.140. The minimum Gasteiger partial charge on any atom is -0.507 e. The summed E-state index contributed by atoms with van der Waals surface area (Å²) in [5.74, 6) is -0.588. The summed E-state index contributed by atoms with van der Waals surface area (Å²) in [7, 11) is 0. The topological polar surface area (TPSA) is 76.1 Å². The normalized spacial score (nSPS) is 26.0. The molecule has 2 fully saturated rings. The molecule has 1 amide bonds. The standard InChI is InChI=1S/C27H29NO5/c1-3-17-6-8-18(9-7-17)24-23(26(30)27(31)28(24)15-21-5-4-12-32-21)25(29)19-10-11-22-20(14-19)13-16(2)33-22/h6-11,14,16,21,24,29H,3-5,12-13,15H2,1-2H3. The van der Waals surface area contributed by atoms with Gasteiger partial charge in [0, 0.05) is 25.1 Å². The average Bonchev–Trinajstić information content (AvgIpc) is 3.53. The van der Waals surface area contributed by atoms with Crippen molar-refractivity contribution in [3.8, 4) is 5.75 Å². The molecule has 0 bridgehead atoms. The van der Waals surface area contributed by atoms with Crippen molar-refractivity contribution in [1.29, 1.82) is 0 Å². The van der Waals surface area contributed by atoms with Crippen molar-refractivity contribution < 1.29 is 24.2 Å². The summed E-state index contributed by atoms with van der Waals surface area (Å²) >= 11 is 0. The summed E-state index contributed by atoms with van der Waals surface area (Å²) in [4.78, 5) is 27.9. The van der Waals surface area contributed by atoms with Gasteiger partial charge in [-0.3, -0.25) is 9.59 Å². The van der Waals surface area contributed by atoms with Crippen molar-refractivity contribution in [3.63, 3.8) is 0 Å². The number of carbonyl (C=O) groups is 2. The van der Waals surface area contributed by atoms with Crippen LogP contribution in [-0.4, -0.2) is 47.1 Å². The van der Waals surface area contributed by atoms with E-state index in [2.05, 4.69) is 6.92 Å². The monoisotopic (exact) mass is 447 g/mol. The van der Waals surface area contributed by atoms with Gasteiger partial charge in [-0.05, 0) is 61.1 Å². The van der Waals surface area contributed by atoms with E-state index < -0.39 is 17.7 Å². The van der Waals surface area contributed by atoms with E-state index in [0.29, 0.717) is 18.7 Å². The van der Waals surface area contributed by atoms with E-state index in [4.69, 9.17) is 9.47 Å². The lowest BCUT2D eigenvalue weighted by atomic mass is 9.93. The molecule has 5 rings (SSSR count). The second-order valence-electron chi connectivity index (χ2n) is 9.14. The number of aliphatic hydroxyl groups is 1. The molecule has 1 N–H and O–H groups in total. The van der Waals surface area contributed by atoms with Crippen molar-refractivity contribution in [2.75, 3.05) is 13.2 Å². The zero-order valence-corrected chi connectivity index (χ0v) is 19.0. The molecule has 0 saturated carbocycles. The van der Waals surface area contributed by atoms with Crippen LogP contribution in [-0.2, 0) is 27.2 Å². The number of likely N-dealkylation sites (tertiary alicyclic amines) is 1.